The predicted molar refractivity (Wildman–Crippen MR) is 105 cm³/mol. The van der Waals surface area contributed by atoms with E-state index in [1.807, 2.05) is 0 Å². The van der Waals surface area contributed by atoms with Gasteiger partial charge >= 0.3 is 12.1 Å². The van der Waals surface area contributed by atoms with E-state index >= 15 is 0 Å². The van der Waals surface area contributed by atoms with E-state index in [0.717, 1.165) is 28.0 Å². The summed E-state index contributed by atoms with van der Waals surface area (Å²) in [5.41, 5.74) is 4.85. The number of hydrogen-bond donors (Lipinski definition) is 3. The topological polar surface area (TPSA) is 147 Å². The molecule has 1 aromatic rings. The molecule has 2 aliphatic heterocycles. The first-order valence-electron chi connectivity index (χ1n) is 8.36. The summed E-state index contributed by atoms with van der Waals surface area (Å²) >= 11 is 1.90. The monoisotopic (exact) mass is 477 g/mol. The van der Waals surface area contributed by atoms with Crippen LogP contribution in [0.1, 0.15) is 5.69 Å². The number of hydrogen-bond acceptors (Lipinski definition) is 9. The Morgan fingerprint density at radius 2 is 2.19 bits per heavy atom. The van der Waals surface area contributed by atoms with Gasteiger partial charge in [-0.2, -0.15) is 13.2 Å². The third-order valence-corrected chi connectivity index (χ3v) is 6.00. The highest BCUT2D eigenvalue weighted by atomic mass is 32.2. The number of carbonyl (C=O) groups excluding carboxylic acids is 2. The number of thiazole rings is 1. The van der Waals surface area contributed by atoms with Crippen molar-refractivity contribution in [3.63, 3.8) is 0 Å². The summed E-state index contributed by atoms with van der Waals surface area (Å²) in [7, 11) is 1.21. The van der Waals surface area contributed by atoms with Crippen molar-refractivity contribution in [2.45, 2.75) is 18.3 Å². The molecule has 0 bridgehead atoms. The third kappa shape index (κ3) is 4.66. The van der Waals surface area contributed by atoms with E-state index < -0.39 is 41.7 Å². The number of fused-ring (bicyclic) bond motifs is 1. The summed E-state index contributed by atoms with van der Waals surface area (Å²) in [4.78, 5) is 46.0. The lowest BCUT2D eigenvalue weighted by Gasteiger charge is -2.49. The van der Waals surface area contributed by atoms with E-state index in [1.165, 1.54) is 12.5 Å². The molecule has 3 rings (SSSR count). The zero-order valence-electron chi connectivity index (χ0n) is 15.5. The molecule has 0 aliphatic carbocycles. The number of carboxylic acids is 1. The van der Waals surface area contributed by atoms with Crippen LogP contribution in [0.25, 0.3) is 0 Å². The number of nitrogens with zero attached hydrogens (tertiary/aromatic N) is 3. The van der Waals surface area contributed by atoms with Gasteiger partial charge in [0.05, 0.1) is 6.04 Å². The quantitative estimate of drug-likeness (QED) is 0.312. The number of aromatic nitrogens is 1. The Morgan fingerprint density at radius 3 is 2.74 bits per heavy atom. The average Bonchev–Trinajstić information content (AvgIpc) is 3.12. The molecule has 31 heavy (non-hydrogen) atoms. The Labute approximate surface area is 180 Å². The van der Waals surface area contributed by atoms with Gasteiger partial charge in [-0.1, -0.05) is 5.16 Å². The average molecular weight is 477 g/mol. The second kappa shape index (κ2) is 8.58. The number of oxime groups is 1. The molecule has 2 aliphatic rings. The van der Waals surface area contributed by atoms with Gasteiger partial charge in [0, 0.05) is 22.1 Å². The molecular formula is C16H14F3N5O5S2. The minimum Gasteiger partial charge on any atom is -0.477 e. The van der Waals surface area contributed by atoms with Gasteiger partial charge in [0.2, 0.25) is 0 Å². The maximum Gasteiger partial charge on any atom is 0.409 e. The van der Waals surface area contributed by atoms with Gasteiger partial charge < -0.3 is 21.0 Å². The van der Waals surface area contributed by atoms with E-state index in [0.29, 0.717) is 6.08 Å². The lowest BCUT2D eigenvalue weighted by atomic mass is 9.94. The summed E-state index contributed by atoms with van der Waals surface area (Å²) in [6.07, 6.45) is -4.13. The summed E-state index contributed by atoms with van der Waals surface area (Å²) < 4.78 is 37.4. The molecule has 166 valence electrons. The fraction of sp³-hybridized carbons (Fsp3) is 0.312. The minimum atomic E-state index is -4.64. The lowest BCUT2D eigenvalue weighted by molar-refractivity contribution is -0.153. The molecular weight excluding hydrogens is 463 g/mol. The van der Waals surface area contributed by atoms with Crippen LogP contribution in [0.5, 0.6) is 0 Å². The first-order chi connectivity index (χ1) is 14.5. The van der Waals surface area contributed by atoms with E-state index in [4.69, 9.17) is 5.73 Å². The number of halogens is 3. The van der Waals surface area contributed by atoms with E-state index in [1.54, 1.807) is 0 Å². The number of nitrogen functional groups attached to an aromatic ring is 1. The molecule has 10 nitrogen and oxygen atoms in total. The standard InChI is InChI=1S/C16H14F3N5O5S2/c1-29-23-9(6-4-31-15(20)21-6)12(25)22-10-7-5-30-8(2-3-16(17,18)19)11(14(27)28)24(7)13(10)26/h2-4,7,10H,5H2,1H3,(H2,20,21)(H,22,25)(H,27,28)/b3-2-,23-9-. The molecule has 1 saturated heterocycles. The maximum atomic E-state index is 12.6. The highest BCUT2D eigenvalue weighted by Gasteiger charge is 2.54. The number of β-lactam (4-membered cyclic amide) rings is 1. The van der Waals surface area contributed by atoms with E-state index in [2.05, 4.69) is 20.3 Å². The predicted octanol–water partition coefficient (Wildman–Crippen LogP) is 0.933. The largest absolute Gasteiger partial charge is 0.477 e. The number of amides is 2. The number of carbonyl (C=O) groups is 3. The van der Waals surface area contributed by atoms with Crippen molar-refractivity contribution in [1.29, 1.82) is 0 Å². The van der Waals surface area contributed by atoms with Crippen molar-refractivity contribution < 1.29 is 37.5 Å². The van der Waals surface area contributed by atoms with Crippen LogP contribution in [0.2, 0.25) is 0 Å². The van der Waals surface area contributed by atoms with Gasteiger partial charge in [-0.05, 0) is 6.08 Å². The van der Waals surface area contributed by atoms with E-state index in [-0.39, 0.29) is 33.3 Å². The number of nitrogens with two attached hydrogens (primary N) is 1. The Morgan fingerprint density at radius 1 is 1.48 bits per heavy atom. The zero-order chi connectivity index (χ0) is 22.9. The molecule has 2 unspecified atom stereocenters. The molecule has 0 spiro atoms. The van der Waals surface area contributed by atoms with Crippen molar-refractivity contribution in [1.82, 2.24) is 15.2 Å². The molecule has 3 heterocycles. The highest BCUT2D eigenvalue weighted by Crippen LogP contribution is 2.40. The Bertz CT molecular complexity index is 1020. The van der Waals surface area contributed by atoms with Gasteiger partial charge in [0.1, 0.15) is 24.5 Å². The van der Waals surface area contributed by atoms with Gasteiger partial charge in [0.15, 0.2) is 10.8 Å². The molecule has 15 heteroatoms. The maximum absolute atomic E-state index is 12.6. The van der Waals surface area contributed by atoms with Crippen LogP contribution in [0.15, 0.2) is 33.3 Å². The normalized spacial score (nSPS) is 21.7. The van der Waals surface area contributed by atoms with Crippen molar-refractivity contribution in [2.24, 2.45) is 5.16 Å². The molecule has 1 aromatic heterocycles. The fourth-order valence-electron chi connectivity index (χ4n) is 2.92. The zero-order valence-corrected chi connectivity index (χ0v) is 17.2. The van der Waals surface area contributed by atoms with Gasteiger partial charge in [0.25, 0.3) is 11.8 Å². The summed E-state index contributed by atoms with van der Waals surface area (Å²) in [6.45, 7) is 0. The third-order valence-electron chi connectivity index (χ3n) is 4.18. The molecule has 0 radical (unpaired) electrons. The minimum absolute atomic E-state index is 0.0748. The van der Waals surface area contributed by atoms with Crippen molar-refractivity contribution >= 4 is 51.7 Å². The highest BCUT2D eigenvalue weighted by molar-refractivity contribution is 8.03. The number of thioether (sulfide) groups is 1. The number of carboxylic acid groups (broad SMARTS) is 1. The van der Waals surface area contributed by atoms with Crippen LogP contribution < -0.4 is 11.1 Å². The molecule has 0 saturated carbocycles. The Kier molecular flexibility index (Phi) is 6.26. The van der Waals surface area contributed by atoms with Gasteiger partial charge in [-0.3, -0.25) is 14.5 Å². The van der Waals surface area contributed by atoms with Crippen molar-refractivity contribution in [2.75, 3.05) is 18.6 Å². The first kappa shape index (κ1) is 22.6. The summed E-state index contributed by atoms with van der Waals surface area (Å²) in [6, 6.07) is -1.86. The van der Waals surface area contributed by atoms with Gasteiger partial charge in [-0.15, -0.1) is 23.1 Å². The van der Waals surface area contributed by atoms with Crippen molar-refractivity contribution in [3.05, 3.63) is 33.8 Å². The Balaban J connectivity index is 1.81. The van der Waals surface area contributed by atoms with Crippen LogP contribution in [0, 0.1) is 0 Å². The van der Waals surface area contributed by atoms with E-state index in [9.17, 15) is 32.7 Å². The number of rotatable bonds is 6. The number of alkyl halides is 3. The van der Waals surface area contributed by atoms with Gasteiger partial charge in [-0.25, -0.2) is 9.78 Å². The smallest absolute Gasteiger partial charge is 0.409 e. The second-order valence-corrected chi connectivity index (χ2v) is 8.08. The van der Waals surface area contributed by atoms with Crippen LogP contribution >= 0.6 is 23.1 Å². The molecule has 0 aromatic carbocycles. The van der Waals surface area contributed by atoms with Crippen LogP contribution in [-0.4, -0.2) is 69.6 Å². The SMILES string of the molecule is CO/N=C(\C(=O)NC1C(=O)N2C(C(=O)O)=C(/C=C\C(F)(F)F)SCC12)c1csc(N)n1. The molecule has 4 N–H and O–H groups in total. The van der Waals surface area contributed by atoms with Crippen LogP contribution in [0.3, 0.4) is 0 Å². The van der Waals surface area contributed by atoms with Crippen LogP contribution in [0.4, 0.5) is 18.3 Å². The lowest BCUT2D eigenvalue weighted by Crippen LogP contribution is -2.73. The molecule has 2 amide bonds. The van der Waals surface area contributed by atoms with Crippen LogP contribution in [-0.2, 0) is 19.2 Å². The summed E-state index contributed by atoms with van der Waals surface area (Å²) in [5, 5.41) is 17.1. The molecule has 1 fully saturated rings. The number of anilines is 1. The molecule has 2 atom stereocenters. The number of allylic oxidation sites excluding steroid dienone is 2. The second-order valence-electron chi connectivity index (χ2n) is 6.12. The number of nitrogens with one attached hydrogen (secondary N) is 1. The Hall–Kier alpha value is -3.07. The summed E-state index contributed by atoms with van der Waals surface area (Å²) in [5.74, 6) is -3.06. The van der Waals surface area contributed by atoms with Crippen molar-refractivity contribution in [3.8, 4) is 0 Å². The number of aliphatic carboxylic acids is 1. The fourth-order valence-corrected chi connectivity index (χ4v) is 4.65. The first-order valence-corrected chi connectivity index (χ1v) is 10.2.